The zero-order valence-corrected chi connectivity index (χ0v) is 20.9. The van der Waals surface area contributed by atoms with Crippen molar-refractivity contribution in [2.24, 2.45) is 17.8 Å². The number of methoxy groups -OCH3 is 1. The third-order valence-corrected chi connectivity index (χ3v) is 9.11. The normalized spacial score (nSPS) is 32.7. The molecule has 3 fully saturated rings. The minimum Gasteiger partial charge on any atom is -0.469 e. The number of aliphatic hydroxyl groups excluding tert-OH is 1. The number of anilines is 1. The van der Waals surface area contributed by atoms with Crippen LogP contribution in [0.5, 0.6) is 0 Å². The highest BCUT2D eigenvalue weighted by molar-refractivity contribution is 6.07. The van der Waals surface area contributed by atoms with E-state index in [0.29, 0.717) is 38.3 Å². The highest BCUT2D eigenvalue weighted by atomic mass is 16.5. The number of fused-ring (bicyclic) bond motifs is 2. The quantitative estimate of drug-likeness (QED) is 0.459. The highest BCUT2D eigenvalue weighted by Crippen LogP contribution is 2.52. The molecule has 1 amide bonds. The number of rotatable bonds is 6. The summed E-state index contributed by atoms with van der Waals surface area (Å²) >= 11 is 0. The lowest BCUT2D eigenvalue weighted by Gasteiger charge is -2.49. The number of piperidine rings is 1. The van der Waals surface area contributed by atoms with Crippen LogP contribution in [0.3, 0.4) is 0 Å². The second-order valence-electron chi connectivity index (χ2n) is 11.0. The van der Waals surface area contributed by atoms with Gasteiger partial charge in [0.25, 0.3) is 0 Å². The monoisotopic (exact) mass is 504 g/mol. The Morgan fingerprint density at radius 2 is 2.11 bits per heavy atom. The number of carbonyl (C=O) groups is 2. The molecule has 0 spiro atoms. The second-order valence-corrected chi connectivity index (χ2v) is 11.0. The fraction of sp³-hybridized carbons (Fsp3) is 0.593. The van der Waals surface area contributed by atoms with E-state index in [9.17, 15) is 14.7 Å². The Kier molecular flexibility index (Phi) is 5.91. The summed E-state index contributed by atoms with van der Waals surface area (Å²) in [6, 6.07) is 7.20. The summed E-state index contributed by atoms with van der Waals surface area (Å²) in [7, 11) is 1.35. The summed E-state index contributed by atoms with van der Waals surface area (Å²) in [4.78, 5) is 30.6. The van der Waals surface area contributed by atoms with Crippen molar-refractivity contribution in [3.05, 3.63) is 53.2 Å². The molecule has 2 aliphatic carbocycles. The van der Waals surface area contributed by atoms with E-state index in [0.717, 1.165) is 36.2 Å². The highest BCUT2D eigenvalue weighted by Gasteiger charge is 2.60. The average molecular weight is 505 g/mol. The Morgan fingerprint density at radius 3 is 2.86 bits per heavy atom. The van der Waals surface area contributed by atoms with E-state index in [1.807, 2.05) is 30.5 Å². The number of nitrogens with zero attached hydrogens (tertiary/aromatic N) is 5. The molecule has 0 unspecified atom stereocenters. The molecule has 6 atom stereocenters. The summed E-state index contributed by atoms with van der Waals surface area (Å²) < 4.78 is 6.89. The molecule has 2 aromatic rings. The van der Waals surface area contributed by atoms with Gasteiger partial charge in [-0.25, -0.2) is 0 Å². The molecule has 0 radical (unpaired) electrons. The van der Waals surface area contributed by atoms with Crippen LogP contribution in [0.2, 0.25) is 0 Å². The van der Waals surface area contributed by atoms with Crippen LogP contribution in [-0.4, -0.2) is 62.8 Å². The lowest BCUT2D eigenvalue weighted by Crippen LogP contribution is -2.60. The van der Waals surface area contributed by atoms with Crippen LogP contribution in [0.1, 0.15) is 55.7 Å². The third kappa shape index (κ3) is 3.87. The lowest BCUT2D eigenvalue weighted by atomic mass is 9.60. The van der Waals surface area contributed by atoms with Crippen molar-refractivity contribution in [2.75, 3.05) is 19.0 Å². The van der Waals surface area contributed by atoms with Gasteiger partial charge in [0, 0.05) is 24.3 Å². The van der Waals surface area contributed by atoms with Gasteiger partial charge in [0.1, 0.15) is 11.5 Å². The molecule has 2 aliphatic heterocycles. The van der Waals surface area contributed by atoms with E-state index in [2.05, 4.69) is 20.6 Å². The first kappa shape index (κ1) is 23.9. The number of hydrogen-bond donors (Lipinski definition) is 2. The fourth-order valence-corrected chi connectivity index (χ4v) is 7.07. The molecule has 1 aromatic carbocycles. The van der Waals surface area contributed by atoms with Crippen LogP contribution in [0.25, 0.3) is 4.95 Å². The molecule has 10 heteroatoms. The van der Waals surface area contributed by atoms with Gasteiger partial charge in [0.05, 0.1) is 31.4 Å². The third-order valence-electron chi connectivity index (χ3n) is 9.11. The predicted octanol–water partition coefficient (Wildman–Crippen LogP) is 2.52. The maximum Gasteiger partial charge on any atom is 0.311 e. The molecule has 37 heavy (non-hydrogen) atoms. The van der Waals surface area contributed by atoms with Gasteiger partial charge >= 0.3 is 5.97 Å². The van der Waals surface area contributed by atoms with Crippen LogP contribution < -0.4 is 5.32 Å². The number of hydrogen-bond acceptors (Lipinski definition) is 7. The van der Waals surface area contributed by atoms with Crippen LogP contribution in [0.15, 0.2) is 30.5 Å². The summed E-state index contributed by atoms with van der Waals surface area (Å²) in [6.45, 7) is 8.97. The summed E-state index contributed by atoms with van der Waals surface area (Å²) in [5, 5.41) is 24.2. The molecule has 1 saturated heterocycles. The van der Waals surface area contributed by atoms with Gasteiger partial charge < -0.3 is 15.2 Å². The average Bonchev–Trinajstić information content (AvgIpc) is 3.58. The van der Waals surface area contributed by atoms with E-state index in [1.54, 1.807) is 9.69 Å². The van der Waals surface area contributed by atoms with E-state index in [1.165, 1.54) is 7.11 Å². The number of aliphatic hydroxyl groups is 1. The van der Waals surface area contributed by atoms with Crippen molar-refractivity contribution < 1.29 is 19.4 Å². The van der Waals surface area contributed by atoms with Gasteiger partial charge in [-0.2, -0.15) is 11.5 Å². The molecule has 1 aromatic heterocycles. The van der Waals surface area contributed by atoms with E-state index in [4.69, 9.17) is 11.3 Å². The number of nitrogens with one attached hydrogen (secondary N) is 1. The molecular weight excluding hydrogens is 472 g/mol. The molecule has 2 saturated carbocycles. The van der Waals surface area contributed by atoms with Gasteiger partial charge in [-0.3, -0.25) is 14.3 Å². The van der Waals surface area contributed by atoms with E-state index in [-0.39, 0.29) is 17.7 Å². The summed E-state index contributed by atoms with van der Waals surface area (Å²) in [5.74, 6) is -0.834. The number of carbonyl (C=O) groups excluding carboxylic acids is 2. The first-order valence-electron chi connectivity index (χ1n) is 13.2. The predicted molar refractivity (Wildman–Crippen MR) is 133 cm³/mol. The Morgan fingerprint density at radius 1 is 1.30 bits per heavy atom. The van der Waals surface area contributed by atoms with Crippen molar-refractivity contribution >= 4 is 17.6 Å². The first-order valence-corrected chi connectivity index (χ1v) is 13.2. The zero-order valence-electron chi connectivity index (χ0n) is 20.9. The SMILES string of the molecule is [C-]#[N+]N1C[C@@H]2CC[C@H](O)[C@H](C(=O)OC)[C@H]2C[C@H]1[C@@]1(CCn2cc(C3CC3)nn2)C(=O)Nc2ccccc21. The molecule has 0 bridgehead atoms. The Labute approximate surface area is 215 Å². The van der Waals surface area contributed by atoms with E-state index < -0.39 is 29.4 Å². The van der Waals surface area contributed by atoms with Crippen LogP contribution >= 0.6 is 0 Å². The Balaban J connectivity index is 1.39. The number of esters is 1. The summed E-state index contributed by atoms with van der Waals surface area (Å²) in [5.41, 5.74) is 1.60. The smallest absolute Gasteiger partial charge is 0.311 e. The molecule has 6 rings (SSSR count). The fourth-order valence-electron chi connectivity index (χ4n) is 7.07. The number of aryl methyl sites for hydroxylation is 1. The minimum atomic E-state index is -1.01. The van der Waals surface area contributed by atoms with Crippen molar-refractivity contribution in [1.82, 2.24) is 20.0 Å². The standard InChI is InChI=1S/C27H32N6O4/c1-28-33-14-17-9-10-22(34)24(25(35)37-2)18(17)13-23(33)27(19-5-3-4-6-20(19)29-26(27)36)11-12-32-15-21(30-31-32)16-7-8-16/h3-6,15-18,22-24,34H,7-14H2,2H3,(H,29,36)/t17-,18-,22-,23-,24+,27-/m0/s1. The van der Waals surface area contributed by atoms with Gasteiger partial charge in [-0.05, 0) is 62.0 Å². The maximum atomic E-state index is 13.9. The van der Waals surface area contributed by atoms with Gasteiger partial charge in [0.15, 0.2) is 0 Å². The maximum absolute atomic E-state index is 13.9. The van der Waals surface area contributed by atoms with Crippen molar-refractivity contribution in [2.45, 2.75) is 68.5 Å². The first-order chi connectivity index (χ1) is 18.0. The van der Waals surface area contributed by atoms with Crippen molar-refractivity contribution in [3.63, 3.8) is 0 Å². The largest absolute Gasteiger partial charge is 0.469 e. The van der Waals surface area contributed by atoms with E-state index >= 15 is 0 Å². The molecule has 2 N–H and O–H groups in total. The summed E-state index contributed by atoms with van der Waals surface area (Å²) in [6.07, 6.45) is 5.56. The number of amides is 1. The van der Waals surface area contributed by atoms with Crippen LogP contribution in [-0.2, 0) is 26.3 Å². The lowest BCUT2D eigenvalue weighted by molar-refractivity contribution is -0.160. The molecule has 10 nitrogen and oxygen atoms in total. The molecule has 194 valence electrons. The van der Waals surface area contributed by atoms with Gasteiger partial charge in [-0.1, -0.05) is 23.4 Å². The van der Waals surface area contributed by atoms with Gasteiger partial charge in [-0.15, -0.1) is 10.1 Å². The van der Waals surface area contributed by atoms with Crippen LogP contribution in [0, 0.1) is 24.3 Å². The van der Waals surface area contributed by atoms with Gasteiger partial charge in [0.2, 0.25) is 5.91 Å². The topological polar surface area (TPSA) is 114 Å². The van der Waals surface area contributed by atoms with Crippen LogP contribution in [0.4, 0.5) is 5.69 Å². The Bertz CT molecular complexity index is 1250. The molecule has 3 heterocycles. The number of ether oxygens (including phenoxy) is 1. The van der Waals surface area contributed by atoms with Crippen molar-refractivity contribution in [3.8, 4) is 0 Å². The number of benzene rings is 1. The van der Waals surface area contributed by atoms with Crippen molar-refractivity contribution in [1.29, 1.82) is 0 Å². The molecule has 4 aliphatic rings. The number of para-hydroxylation sites is 1. The molecular formula is C27H32N6O4. The Hall–Kier alpha value is -3.45. The second kappa shape index (κ2) is 9.14. The minimum absolute atomic E-state index is 0.0750. The zero-order chi connectivity index (χ0) is 25.7. The number of aromatic nitrogens is 3.